The fraction of sp³-hybridized carbons (Fsp3) is 0.188. The van der Waals surface area contributed by atoms with Crippen LogP contribution in [0, 0.1) is 0 Å². The molecular weight excluding hydrogens is 238 g/mol. The summed E-state index contributed by atoms with van der Waals surface area (Å²) in [5.41, 5.74) is 2.02. The van der Waals surface area contributed by atoms with Gasteiger partial charge in [0.1, 0.15) is 0 Å². The van der Waals surface area contributed by atoms with Gasteiger partial charge in [0.05, 0.1) is 17.6 Å². The van der Waals surface area contributed by atoms with E-state index in [1.54, 1.807) is 7.11 Å². The molecule has 3 nitrogen and oxygen atoms in total. The third-order valence-electron chi connectivity index (χ3n) is 3.40. The van der Waals surface area contributed by atoms with E-state index in [9.17, 15) is 4.79 Å². The molecule has 0 spiro atoms. The van der Waals surface area contributed by atoms with E-state index in [1.807, 2.05) is 48.5 Å². The second-order valence-corrected chi connectivity index (χ2v) is 4.51. The van der Waals surface area contributed by atoms with Crippen LogP contribution >= 0.6 is 0 Å². The Labute approximate surface area is 111 Å². The minimum absolute atomic E-state index is 0.0971. The standard InChI is InChI=1S/C16H15NO2/c1-19-11-10-17-14-8-4-2-6-12(14)16(18)13-7-3-5-9-15(13)17/h2-9H,10-11H2,1H3. The summed E-state index contributed by atoms with van der Waals surface area (Å²) >= 11 is 0. The molecule has 19 heavy (non-hydrogen) atoms. The Balaban J connectivity index is 2.45. The molecule has 3 heteroatoms. The van der Waals surface area contributed by atoms with Crippen LogP contribution in [0.25, 0.3) is 21.8 Å². The minimum atomic E-state index is 0.0971. The molecule has 0 saturated heterocycles. The maximum Gasteiger partial charge on any atom is 0.197 e. The predicted octanol–water partition coefficient (Wildman–Crippen LogP) is 2.80. The molecule has 0 saturated carbocycles. The zero-order chi connectivity index (χ0) is 13.2. The molecule has 96 valence electrons. The van der Waals surface area contributed by atoms with E-state index >= 15 is 0 Å². The maximum absolute atomic E-state index is 12.5. The van der Waals surface area contributed by atoms with Crippen molar-refractivity contribution in [3.63, 3.8) is 0 Å². The SMILES string of the molecule is COCCn1c2ccccc2c(=O)c2ccccc21. The summed E-state index contributed by atoms with van der Waals surface area (Å²) in [5.74, 6) is 0. The van der Waals surface area contributed by atoms with E-state index in [0.29, 0.717) is 6.61 Å². The van der Waals surface area contributed by atoms with Gasteiger partial charge in [0.15, 0.2) is 5.43 Å². The number of pyridine rings is 1. The second-order valence-electron chi connectivity index (χ2n) is 4.51. The summed E-state index contributed by atoms with van der Waals surface area (Å²) in [7, 11) is 1.69. The molecule has 0 bridgehead atoms. The molecule has 0 atom stereocenters. The molecule has 0 unspecified atom stereocenters. The highest BCUT2D eigenvalue weighted by atomic mass is 16.5. The third kappa shape index (κ3) is 1.92. The number of para-hydroxylation sites is 2. The average molecular weight is 253 g/mol. The number of fused-ring (bicyclic) bond motifs is 2. The van der Waals surface area contributed by atoms with Gasteiger partial charge in [-0.1, -0.05) is 24.3 Å². The molecule has 0 N–H and O–H groups in total. The zero-order valence-corrected chi connectivity index (χ0v) is 10.8. The van der Waals surface area contributed by atoms with Gasteiger partial charge in [0.25, 0.3) is 0 Å². The van der Waals surface area contributed by atoms with Crippen LogP contribution in [0.15, 0.2) is 53.3 Å². The Bertz CT molecular complexity index is 729. The van der Waals surface area contributed by atoms with Gasteiger partial charge in [-0.2, -0.15) is 0 Å². The van der Waals surface area contributed by atoms with Gasteiger partial charge < -0.3 is 9.30 Å². The molecule has 0 aliphatic rings. The summed E-state index contributed by atoms with van der Waals surface area (Å²) in [4.78, 5) is 12.5. The first-order chi connectivity index (χ1) is 9.33. The second kappa shape index (κ2) is 4.86. The number of hydrogen-bond donors (Lipinski definition) is 0. The number of hydrogen-bond acceptors (Lipinski definition) is 2. The summed E-state index contributed by atoms with van der Waals surface area (Å²) in [6.45, 7) is 1.36. The van der Waals surface area contributed by atoms with Crippen molar-refractivity contribution in [2.75, 3.05) is 13.7 Å². The molecule has 3 rings (SSSR count). The van der Waals surface area contributed by atoms with E-state index < -0.39 is 0 Å². The lowest BCUT2D eigenvalue weighted by Crippen LogP contribution is -2.13. The Hall–Kier alpha value is -2.13. The molecule has 0 aliphatic heterocycles. The highest BCUT2D eigenvalue weighted by Gasteiger charge is 2.09. The van der Waals surface area contributed by atoms with Gasteiger partial charge in [-0.25, -0.2) is 0 Å². The monoisotopic (exact) mass is 253 g/mol. The van der Waals surface area contributed by atoms with Crippen LogP contribution in [0.2, 0.25) is 0 Å². The molecule has 0 amide bonds. The fourth-order valence-corrected chi connectivity index (χ4v) is 2.50. The van der Waals surface area contributed by atoms with Crippen molar-refractivity contribution in [2.24, 2.45) is 0 Å². The highest BCUT2D eigenvalue weighted by molar-refractivity contribution is 5.93. The fourth-order valence-electron chi connectivity index (χ4n) is 2.50. The predicted molar refractivity (Wildman–Crippen MR) is 77.6 cm³/mol. The van der Waals surface area contributed by atoms with Crippen molar-refractivity contribution >= 4 is 21.8 Å². The van der Waals surface area contributed by atoms with Gasteiger partial charge in [-0.15, -0.1) is 0 Å². The number of benzene rings is 2. The topological polar surface area (TPSA) is 31.2 Å². The van der Waals surface area contributed by atoms with Gasteiger partial charge >= 0.3 is 0 Å². The summed E-state index contributed by atoms with van der Waals surface area (Å²) in [6, 6.07) is 15.5. The molecule has 0 fully saturated rings. The van der Waals surface area contributed by atoms with E-state index in [4.69, 9.17) is 4.74 Å². The largest absolute Gasteiger partial charge is 0.383 e. The first kappa shape index (κ1) is 11.9. The van der Waals surface area contributed by atoms with Gasteiger partial charge in [-0.05, 0) is 24.3 Å². The van der Waals surface area contributed by atoms with Crippen molar-refractivity contribution in [3.05, 3.63) is 58.8 Å². The summed E-state index contributed by atoms with van der Waals surface area (Å²) in [5, 5.41) is 1.52. The normalized spacial score (nSPS) is 11.2. The lowest BCUT2D eigenvalue weighted by molar-refractivity contribution is 0.189. The molecule has 0 aliphatic carbocycles. The number of aromatic nitrogens is 1. The van der Waals surface area contributed by atoms with Crippen LogP contribution in [-0.4, -0.2) is 18.3 Å². The lowest BCUT2D eigenvalue weighted by atomic mass is 10.1. The number of ether oxygens (including phenoxy) is 1. The number of rotatable bonds is 3. The van der Waals surface area contributed by atoms with Gasteiger partial charge in [0, 0.05) is 24.4 Å². The summed E-state index contributed by atoms with van der Waals surface area (Å²) < 4.78 is 7.32. The van der Waals surface area contributed by atoms with Crippen LogP contribution < -0.4 is 5.43 Å². The van der Waals surface area contributed by atoms with E-state index in [0.717, 1.165) is 28.4 Å². The van der Waals surface area contributed by atoms with Crippen molar-refractivity contribution in [1.82, 2.24) is 4.57 Å². The van der Waals surface area contributed by atoms with Crippen LogP contribution in [-0.2, 0) is 11.3 Å². The molecule has 2 aromatic carbocycles. The zero-order valence-electron chi connectivity index (χ0n) is 10.8. The molecule has 0 radical (unpaired) electrons. The molecule has 3 aromatic rings. The van der Waals surface area contributed by atoms with Crippen molar-refractivity contribution in [2.45, 2.75) is 6.54 Å². The van der Waals surface area contributed by atoms with E-state index in [-0.39, 0.29) is 5.43 Å². The first-order valence-electron chi connectivity index (χ1n) is 6.32. The minimum Gasteiger partial charge on any atom is -0.383 e. The smallest absolute Gasteiger partial charge is 0.197 e. The Kier molecular flexibility index (Phi) is 3.05. The Morgan fingerprint density at radius 1 is 0.947 bits per heavy atom. The third-order valence-corrected chi connectivity index (χ3v) is 3.40. The average Bonchev–Trinajstić information content (AvgIpc) is 2.47. The maximum atomic E-state index is 12.5. The van der Waals surface area contributed by atoms with Gasteiger partial charge in [0.2, 0.25) is 0 Å². The Morgan fingerprint density at radius 2 is 1.47 bits per heavy atom. The van der Waals surface area contributed by atoms with Crippen LogP contribution in [0.4, 0.5) is 0 Å². The Morgan fingerprint density at radius 3 is 2.00 bits per heavy atom. The van der Waals surface area contributed by atoms with Crippen LogP contribution in [0.1, 0.15) is 0 Å². The number of methoxy groups -OCH3 is 1. The van der Waals surface area contributed by atoms with E-state index in [2.05, 4.69) is 4.57 Å². The van der Waals surface area contributed by atoms with Gasteiger partial charge in [-0.3, -0.25) is 4.79 Å². The van der Waals surface area contributed by atoms with Crippen LogP contribution in [0.5, 0.6) is 0 Å². The van der Waals surface area contributed by atoms with Crippen molar-refractivity contribution in [3.8, 4) is 0 Å². The lowest BCUT2D eigenvalue weighted by Gasteiger charge is -2.14. The molecule has 1 aromatic heterocycles. The quantitative estimate of drug-likeness (QED) is 0.672. The number of nitrogens with zero attached hydrogens (tertiary/aromatic N) is 1. The molecular formula is C16H15NO2. The highest BCUT2D eigenvalue weighted by Crippen LogP contribution is 2.18. The van der Waals surface area contributed by atoms with Crippen molar-refractivity contribution in [1.29, 1.82) is 0 Å². The van der Waals surface area contributed by atoms with E-state index in [1.165, 1.54) is 0 Å². The first-order valence-corrected chi connectivity index (χ1v) is 6.32. The van der Waals surface area contributed by atoms with Crippen molar-refractivity contribution < 1.29 is 4.74 Å². The van der Waals surface area contributed by atoms with Crippen LogP contribution in [0.3, 0.4) is 0 Å². The molecule has 1 heterocycles. The summed E-state index contributed by atoms with van der Waals surface area (Å²) in [6.07, 6.45) is 0.